The van der Waals surface area contributed by atoms with Crippen molar-refractivity contribution in [2.24, 2.45) is 11.5 Å². The molecule has 0 amide bonds. The van der Waals surface area contributed by atoms with Crippen molar-refractivity contribution in [3.05, 3.63) is 59.2 Å². The Labute approximate surface area is 155 Å². The smallest absolute Gasteiger partial charge is 0.336 e. The molecule has 2 aromatic rings. The summed E-state index contributed by atoms with van der Waals surface area (Å²) < 4.78 is 0. The molecule has 2 atom stereocenters. The molecule has 8 heteroatoms. The summed E-state index contributed by atoms with van der Waals surface area (Å²) in [5.41, 5.74) is 13.0. The SMILES string of the molecule is NC(Cc1ccccc1-c1c(CC(N)C(=O)O)cccc1C(=O)O)C(=O)O. The minimum absolute atomic E-state index is 0.0100. The third-order valence-corrected chi connectivity index (χ3v) is 4.18. The van der Waals surface area contributed by atoms with E-state index >= 15 is 0 Å². The Hall–Kier alpha value is -3.23. The van der Waals surface area contributed by atoms with Gasteiger partial charge in [0.1, 0.15) is 12.1 Å². The Morgan fingerprint density at radius 1 is 0.778 bits per heavy atom. The quantitative estimate of drug-likeness (QED) is 0.457. The summed E-state index contributed by atoms with van der Waals surface area (Å²) in [7, 11) is 0. The highest BCUT2D eigenvalue weighted by Gasteiger charge is 2.23. The van der Waals surface area contributed by atoms with E-state index in [2.05, 4.69) is 0 Å². The summed E-state index contributed by atoms with van der Waals surface area (Å²) in [6.45, 7) is 0. The summed E-state index contributed by atoms with van der Waals surface area (Å²) in [6.07, 6.45) is -0.0883. The Morgan fingerprint density at radius 2 is 1.30 bits per heavy atom. The molecule has 0 bridgehead atoms. The molecule has 2 rings (SSSR count). The highest BCUT2D eigenvalue weighted by Crippen LogP contribution is 2.32. The van der Waals surface area contributed by atoms with Gasteiger partial charge in [-0.3, -0.25) is 9.59 Å². The van der Waals surface area contributed by atoms with Crippen molar-refractivity contribution in [2.45, 2.75) is 24.9 Å². The highest BCUT2D eigenvalue weighted by atomic mass is 16.4. The maximum Gasteiger partial charge on any atom is 0.336 e. The summed E-state index contributed by atoms with van der Waals surface area (Å²) in [5, 5.41) is 27.8. The van der Waals surface area contributed by atoms with Crippen molar-refractivity contribution in [3.8, 4) is 11.1 Å². The number of carbonyl (C=O) groups is 3. The van der Waals surface area contributed by atoms with Crippen molar-refractivity contribution < 1.29 is 29.7 Å². The van der Waals surface area contributed by atoms with Crippen LogP contribution in [0, 0.1) is 0 Å². The molecule has 2 aromatic carbocycles. The average Bonchev–Trinajstić information content (AvgIpc) is 2.61. The topological polar surface area (TPSA) is 164 Å². The van der Waals surface area contributed by atoms with Gasteiger partial charge in [-0.2, -0.15) is 0 Å². The van der Waals surface area contributed by atoms with Gasteiger partial charge in [0.15, 0.2) is 0 Å². The maximum atomic E-state index is 11.7. The van der Waals surface area contributed by atoms with Gasteiger partial charge in [0.2, 0.25) is 0 Å². The van der Waals surface area contributed by atoms with Crippen LogP contribution in [0.3, 0.4) is 0 Å². The zero-order valence-electron chi connectivity index (χ0n) is 14.3. The minimum Gasteiger partial charge on any atom is -0.480 e. The van der Waals surface area contributed by atoms with E-state index in [-0.39, 0.29) is 18.4 Å². The number of carboxylic acids is 3. The third-order valence-electron chi connectivity index (χ3n) is 4.18. The molecule has 27 heavy (non-hydrogen) atoms. The van der Waals surface area contributed by atoms with Crippen LogP contribution < -0.4 is 11.5 Å². The third kappa shape index (κ3) is 4.69. The second-order valence-corrected chi connectivity index (χ2v) is 6.10. The lowest BCUT2D eigenvalue weighted by Crippen LogP contribution is -2.33. The number of hydrogen-bond acceptors (Lipinski definition) is 5. The van der Waals surface area contributed by atoms with E-state index < -0.39 is 30.0 Å². The zero-order valence-corrected chi connectivity index (χ0v) is 14.3. The molecule has 0 saturated heterocycles. The summed E-state index contributed by atoms with van der Waals surface area (Å²) >= 11 is 0. The fraction of sp³-hybridized carbons (Fsp3) is 0.211. The predicted octanol–water partition coefficient (Wildman–Crippen LogP) is 0.961. The van der Waals surface area contributed by atoms with Gasteiger partial charge >= 0.3 is 17.9 Å². The van der Waals surface area contributed by atoms with E-state index in [4.69, 9.17) is 21.7 Å². The van der Waals surface area contributed by atoms with Crippen molar-refractivity contribution in [1.82, 2.24) is 0 Å². The monoisotopic (exact) mass is 372 g/mol. The highest BCUT2D eigenvalue weighted by molar-refractivity contribution is 5.98. The van der Waals surface area contributed by atoms with Crippen LogP contribution >= 0.6 is 0 Å². The van der Waals surface area contributed by atoms with Crippen molar-refractivity contribution >= 4 is 17.9 Å². The second-order valence-electron chi connectivity index (χ2n) is 6.10. The molecule has 2 unspecified atom stereocenters. The van der Waals surface area contributed by atoms with Gasteiger partial charge in [0, 0.05) is 0 Å². The van der Waals surface area contributed by atoms with E-state index in [1.807, 2.05) is 0 Å². The lowest BCUT2D eigenvalue weighted by Gasteiger charge is -2.18. The fourth-order valence-corrected chi connectivity index (χ4v) is 2.86. The number of aromatic carboxylic acids is 1. The molecule has 7 N–H and O–H groups in total. The van der Waals surface area contributed by atoms with E-state index in [0.717, 1.165) is 0 Å². The number of hydrogen-bond donors (Lipinski definition) is 5. The summed E-state index contributed by atoms with van der Waals surface area (Å²) in [6, 6.07) is 8.86. The first-order valence-corrected chi connectivity index (χ1v) is 8.12. The van der Waals surface area contributed by atoms with Crippen LogP contribution in [0.2, 0.25) is 0 Å². The molecule has 142 valence electrons. The molecular weight excluding hydrogens is 352 g/mol. The molecule has 8 nitrogen and oxygen atoms in total. The lowest BCUT2D eigenvalue weighted by molar-refractivity contribution is -0.139. The van der Waals surface area contributed by atoms with Crippen LogP contribution in [-0.4, -0.2) is 45.3 Å². The van der Waals surface area contributed by atoms with Crippen LogP contribution in [0.25, 0.3) is 11.1 Å². The van der Waals surface area contributed by atoms with Gasteiger partial charge in [-0.1, -0.05) is 36.4 Å². The first kappa shape index (κ1) is 20.1. The Bertz CT molecular complexity index is 880. The molecule has 0 aliphatic heterocycles. The average molecular weight is 372 g/mol. The Morgan fingerprint density at radius 3 is 1.85 bits per heavy atom. The molecule has 0 fully saturated rings. The predicted molar refractivity (Wildman–Crippen MR) is 97.5 cm³/mol. The van der Waals surface area contributed by atoms with E-state index in [0.29, 0.717) is 22.3 Å². The van der Waals surface area contributed by atoms with Crippen molar-refractivity contribution in [2.75, 3.05) is 0 Å². The van der Waals surface area contributed by atoms with E-state index in [1.165, 1.54) is 12.1 Å². The van der Waals surface area contributed by atoms with Gasteiger partial charge in [-0.05, 0) is 41.2 Å². The standard InChI is InChI=1S/C19H20N2O6/c20-14(18(24)25)8-10-4-1-2-6-12(10)16-11(9-15(21)19(26)27)5-3-7-13(16)17(22)23/h1-7,14-15H,8-9,20-21H2,(H,22,23)(H,24,25)(H,26,27). The Balaban J connectivity index is 2.65. The first-order valence-electron chi connectivity index (χ1n) is 8.12. The second kappa shape index (κ2) is 8.43. The van der Waals surface area contributed by atoms with Gasteiger partial charge < -0.3 is 26.8 Å². The largest absolute Gasteiger partial charge is 0.480 e. The molecule has 0 spiro atoms. The van der Waals surface area contributed by atoms with Gasteiger partial charge in [0.05, 0.1) is 5.56 Å². The first-order chi connectivity index (χ1) is 12.7. The maximum absolute atomic E-state index is 11.7. The van der Waals surface area contributed by atoms with Crippen molar-refractivity contribution in [3.63, 3.8) is 0 Å². The van der Waals surface area contributed by atoms with Gasteiger partial charge in [-0.15, -0.1) is 0 Å². The Kier molecular flexibility index (Phi) is 6.27. The van der Waals surface area contributed by atoms with E-state index in [9.17, 15) is 19.5 Å². The fourth-order valence-electron chi connectivity index (χ4n) is 2.86. The number of rotatable bonds is 8. The van der Waals surface area contributed by atoms with Crippen molar-refractivity contribution in [1.29, 1.82) is 0 Å². The van der Waals surface area contributed by atoms with Gasteiger partial charge in [-0.25, -0.2) is 4.79 Å². The van der Waals surface area contributed by atoms with Crippen LogP contribution in [0.5, 0.6) is 0 Å². The molecule has 0 aliphatic carbocycles. The number of nitrogens with two attached hydrogens (primary N) is 2. The van der Waals surface area contributed by atoms with Crippen LogP contribution in [0.1, 0.15) is 21.5 Å². The molecule has 0 aromatic heterocycles. The van der Waals surface area contributed by atoms with Gasteiger partial charge in [0.25, 0.3) is 0 Å². The van der Waals surface area contributed by atoms with Crippen LogP contribution in [-0.2, 0) is 22.4 Å². The number of benzene rings is 2. The minimum atomic E-state index is -1.21. The molecule has 0 saturated carbocycles. The number of aliphatic carboxylic acids is 2. The van der Waals surface area contributed by atoms with Crippen LogP contribution in [0.15, 0.2) is 42.5 Å². The molecule has 0 aliphatic rings. The van der Waals surface area contributed by atoms with Crippen LogP contribution in [0.4, 0.5) is 0 Å². The number of carboxylic acid groups (broad SMARTS) is 3. The molecular formula is C19H20N2O6. The molecule has 0 heterocycles. The zero-order chi connectivity index (χ0) is 20.1. The molecule has 0 radical (unpaired) electrons. The summed E-state index contributed by atoms with van der Waals surface area (Å²) in [5.74, 6) is -3.57. The normalized spacial score (nSPS) is 13.0. The lowest BCUT2D eigenvalue weighted by atomic mass is 9.87. The summed E-state index contributed by atoms with van der Waals surface area (Å²) in [4.78, 5) is 34.0. The van der Waals surface area contributed by atoms with E-state index in [1.54, 1.807) is 30.3 Å².